The van der Waals surface area contributed by atoms with Gasteiger partial charge in [0.1, 0.15) is 6.04 Å². The molecule has 0 saturated carbocycles. The van der Waals surface area contributed by atoms with Gasteiger partial charge in [0, 0.05) is 30.3 Å². The zero-order chi connectivity index (χ0) is 14.8. The van der Waals surface area contributed by atoms with Crippen LogP contribution in [0, 0.1) is 0 Å². The zero-order valence-electron chi connectivity index (χ0n) is 11.7. The predicted molar refractivity (Wildman–Crippen MR) is 82.8 cm³/mol. The number of para-hydroxylation sites is 1. The minimum Gasteiger partial charge on any atom is -0.480 e. The van der Waals surface area contributed by atoms with Crippen LogP contribution in [-0.2, 0) is 16.0 Å². The molecule has 1 fully saturated rings. The van der Waals surface area contributed by atoms with E-state index in [9.17, 15) is 14.7 Å². The Labute approximate surface area is 127 Å². The van der Waals surface area contributed by atoms with Crippen molar-refractivity contribution in [3.05, 3.63) is 29.8 Å². The summed E-state index contributed by atoms with van der Waals surface area (Å²) in [5.41, 5.74) is 2.16. The van der Waals surface area contributed by atoms with Gasteiger partial charge in [-0.25, -0.2) is 0 Å². The van der Waals surface area contributed by atoms with Crippen molar-refractivity contribution in [3.8, 4) is 0 Å². The van der Waals surface area contributed by atoms with Gasteiger partial charge < -0.3 is 10.0 Å². The van der Waals surface area contributed by atoms with Crippen LogP contribution in [0.2, 0.25) is 0 Å². The molecule has 0 radical (unpaired) electrons. The summed E-state index contributed by atoms with van der Waals surface area (Å²) in [5, 5.41) is 9.26. The van der Waals surface area contributed by atoms with Crippen LogP contribution in [0.1, 0.15) is 5.56 Å². The van der Waals surface area contributed by atoms with Crippen LogP contribution in [-0.4, -0.2) is 59.1 Å². The molecule has 1 aromatic carbocycles. The monoisotopic (exact) mass is 306 g/mol. The highest BCUT2D eigenvalue weighted by atomic mass is 32.2. The summed E-state index contributed by atoms with van der Waals surface area (Å²) in [6, 6.07) is 7.36. The first-order chi connectivity index (χ1) is 10.2. The third kappa shape index (κ3) is 2.91. The van der Waals surface area contributed by atoms with Crippen molar-refractivity contribution < 1.29 is 14.7 Å². The molecule has 1 N–H and O–H groups in total. The number of aliphatic carboxylic acids is 1. The number of carboxylic acids is 1. The number of carbonyl (C=O) groups excluding carboxylic acids is 1. The first-order valence-corrected chi connectivity index (χ1v) is 8.25. The van der Waals surface area contributed by atoms with Gasteiger partial charge in [-0.05, 0) is 18.1 Å². The van der Waals surface area contributed by atoms with Crippen LogP contribution in [0.3, 0.4) is 0 Å². The Hall–Kier alpha value is -1.53. The molecule has 5 nitrogen and oxygen atoms in total. The molecule has 2 aliphatic heterocycles. The molecule has 1 unspecified atom stereocenters. The molecular weight excluding hydrogens is 288 g/mol. The Morgan fingerprint density at radius 3 is 2.90 bits per heavy atom. The summed E-state index contributed by atoms with van der Waals surface area (Å²) in [6.07, 6.45) is 0.875. The summed E-state index contributed by atoms with van der Waals surface area (Å²) < 4.78 is 0. The molecule has 0 spiro atoms. The number of nitrogens with zero attached hydrogens (tertiary/aromatic N) is 2. The molecule has 112 valence electrons. The lowest BCUT2D eigenvalue weighted by Crippen LogP contribution is -2.51. The van der Waals surface area contributed by atoms with Crippen LogP contribution < -0.4 is 4.90 Å². The zero-order valence-corrected chi connectivity index (χ0v) is 12.5. The van der Waals surface area contributed by atoms with Gasteiger partial charge in [-0.1, -0.05) is 18.2 Å². The molecule has 0 bridgehead atoms. The number of hydrogen-bond acceptors (Lipinski definition) is 4. The van der Waals surface area contributed by atoms with Crippen molar-refractivity contribution >= 4 is 29.3 Å². The van der Waals surface area contributed by atoms with Gasteiger partial charge in [0.25, 0.3) is 0 Å². The second kappa shape index (κ2) is 6.07. The molecule has 1 saturated heterocycles. The van der Waals surface area contributed by atoms with Gasteiger partial charge in [-0.2, -0.15) is 11.8 Å². The smallest absolute Gasteiger partial charge is 0.321 e. The van der Waals surface area contributed by atoms with Crippen LogP contribution in [0.5, 0.6) is 0 Å². The highest BCUT2D eigenvalue weighted by Crippen LogP contribution is 2.28. The van der Waals surface area contributed by atoms with E-state index in [0.29, 0.717) is 18.8 Å². The second-order valence-electron chi connectivity index (χ2n) is 5.32. The fourth-order valence-electron chi connectivity index (χ4n) is 2.91. The van der Waals surface area contributed by atoms with Crippen LogP contribution in [0.4, 0.5) is 5.69 Å². The topological polar surface area (TPSA) is 60.9 Å². The summed E-state index contributed by atoms with van der Waals surface area (Å²) in [5.74, 6) is 0.599. The molecule has 0 aliphatic carbocycles. The van der Waals surface area contributed by atoms with Crippen LogP contribution in [0.25, 0.3) is 0 Å². The Bertz CT molecular complexity index is 564. The number of carbonyl (C=O) groups is 2. The SMILES string of the molecule is O=C(O)C1CSCCN1CC(=O)N1CCc2ccccc21. The maximum atomic E-state index is 12.5. The predicted octanol–water partition coefficient (Wildman–Crippen LogP) is 1.08. The maximum absolute atomic E-state index is 12.5. The van der Waals surface area contributed by atoms with Gasteiger partial charge in [0.2, 0.25) is 5.91 Å². The van der Waals surface area contributed by atoms with Crippen molar-refractivity contribution in [2.75, 3.05) is 36.0 Å². The fourth-order valence-corrected chi connectivity index (χ4v) is 4.02. The first kappa shape index (κ1) is 14.4. The Kier molecular flexibility index (Phi) is 4.17. The summed E-state index contributed by atoms with van der Waals surface area (Å²) >= 11 is 1.64. The molecule has 2 aliphatic rings. The van der Waals surface area contributed by atoms with E-state index in [0.717, 1.165) is 17.9 Å². The Morgan fingerprint density at radius 2 is 2.10 bits per heavy atom. The summed E-state index contributed by atoms with van der Waals surface area (Å²) in [7, 11) is 0. The van der Waals surface area contributed by atoms with Crippen molar-refractivity contribution in [3.63, 3.8) is 0 Å². The second-order valence-corrected chi connectivity index (χ2v) is 6.47. The number of amides is 1. The molecule has 1 aromatic rings. The molecule has 0 aromatic heterocycles. The average Bonchev–Trinajstić information content (AvgIpc) is 2.91. The minimum atomic E-state index is -0.836. The molecule has 21 heavy (non-hydrogen) atoms. The number of hydrogen-bond donors (Lipinski definition) is 1. The molecule has 1 atom stereocenters. The number of thioether (sulfide) groups is 1. The van der Waals surface area contributed by atoms with E-state index >= 15 is 0 Å². The number of fused-ring (bicyclic) bond motifs is 1. The van der Waals surface area contributed by atoms with E-state index in [-0.39, 0.29) is 12.5 Å². The molecule has 1 amide bonds. The molecular formula is C15H18N2O3S. The highest BCUT2D eigenvalue weighted by Gasteiger charge is 2.32. The lowest BCUT2D eigenvalue weighted by Gasteiger charge is -2.33. The van der Waals surface area contributed by atoms with E-state index in [4.69, 9.17) is 0 Å². The normalized spacial score (nSPS) is 22.1. The van der Waals surface area contributed by atoms with Gasteiger partial charge in [-0.3, -0.25) is 14.5 Å². The van der Waals surface area contributed by atoms with Crippen molar-refractivity contribution in [2.24, 2.45) is 0 Å². The Morgan fingerprint density at radius 1 is 1.29 bits per heavy atom. The summed E-state index contributed by atoms with van der Waals surface area (Å²) in [4.78, 5) is 27.4. The lowest BCUT2D eigenvalue weighted by molar-refractivity contribution is -0.142. The third-order valence-corrected chi connectivity index (χ3v) is 5.07. The minimum absolute atomic E-state index is 0.00176. The first-order valence-electron chi connectivity index (χ1n) is 7.09. The van der Waals surface area contributed by atoms with Gasteiger partial charge in [-0.15, -0.1) is 0 Å². The molecule has 2 heterocycles. The van der Waals surface area contributed by atoms with E-state index in [1.807, 2.05) is 24.3 Å². The largest absolute Gasteiger partial charge is 0.480 e. The highest BCUT2D eigenvalue weighted by molar-refractivity contribution is 7.99. The maximum Gasteiger partial charge on any atom is 0.321 e. The van der Waals surface area contributed by atoms with E-state index < -0.39 is 12.0 Å². The lowest BCUT2D eigenvalue weighted by atomic mass is 10.2. The standard InChI is InChI=1S/C15H18N2O3S/c18-14(9-16-7-8-21-10-13(16)15(19)20)17-6-5-11-3-1-2-4-12(11)17/h1-4,13H,5-10H2,(H,19,20). The van der Waals surface area contributed by atoms with Gasteiger partial charge >= 0.3 is 5.97 Å². The van der Waals surface area contributed by atoms with Crippen LogP contribution in [0.15, 0.2) is 24.3 Å². The number of carboxylic acid groups (broad SMARTS) is 1. The summed E-state index contributed by atoms with van der Waals surface area (Å²) in [6.45, 7) is 1.53. The Balaban J connectivity index is 1.70. The fraction of sp³-hybridized carbons (Fsp3) is 0.467. The third-order valence-electron chi connectivity index (χ3n) is 4.05. The van der Waals surface area contributed by atoms with Crippen molar-refractivity contribution in [2.45, 2.75) is 12.5 Å². The van der Waals surface area contributed by atoms with Crippen molar-refractivity contribution in [1.29, 1.82) is 0 Å². The number of anilines is 1. The average molecular weight is 306 g/mol. The van der Waals surface area contributed by atoms with Crippen molar-refractivity contribution in [1.82, 2.24) is 4.90 Å². The van der Waals surface area contributed by atoms with E-state index in [2.05, 4.69) is 0 Å². The number of benzene rings is 1. The molecule has 6 heteroatoms. The molecule has 3 rings (SSSR count). The van der Waals surface area contributed by atoms with E-state index in [1.54, 1.807) is 21.6 Å². The van der Waals surface area contributed by atoms with Gasteiger partial charge in [0.15, 0.2) is 0 Å². The van der Waals surface area contributed by atoms with Crippen LogP contribution >= 0.6 is 11.8 Å². The van der Waals surface area contributed by atoms with Gasteiger partial charge in [0.05, 0.1) is 6.54 Å². The quantitative estimate of drug-likeness (QED) is 0.905. The number of rotatable bonds is 3. The van der Waals surface area contributed by atoms with E-state index in [1.165, 1.54) is 5.56 Å².